The summed E-state index contributed by atoms with van der Waals surface area (Å²) < 4.78 is 39.0. The van der Waals surface area contributed by atoms with Crippen molar-refractivity contribution in [2.75, 3.05) is 13.6 Å². The molecule has 2 aromatic rings. The van der Waals surface area contributed by atoms with Gasteiger partial charge < -0.3 is 0 Å². The molecular formula is C14H14ClFN2O2S. The summed E-state index contributed by atoms with van der Waals surface area (Å²) in [5.41, 5.74) is 0.990. The van der Waals surface area contributed by atoms with Gasteiger partial charge in [0.25, 0.3) is 0 Å². The lowest BCUT2D eigenvalue weighted by molar-refractivity contribution is 0.472. The number of hydrogen-bond donors (Lipinski definition) is 0. The highest BCUT2D eigenvalue weighted by Crippen LogP contribution is 2.21. The van der Waals surface area contributed by atoms with E-state index in [0.717, 1.165) is 17.7 Å². The number of nitrogens with zero attached hydrogens (tertiary/aromatic N) is 2. The number of aromatic nitrogens is 1. The fourth-order valence-electron chi connectivity index (χ4n) is 1.77. The minimum atomic E-state index is -3.68. The highest BCUT2D eigenvalue weighted by Gasteiger charge is 2.21. The van der Waals surface area contributed by atoms with Crippen LogP contribution in [0.1, 0.15) is 5.56 Å². The average Bonchev–Trinajstić information content (AvgIpc) is 2.48. The van der Waals surface area contributed by atoms with Crippen molar-refractivity contribution in [2.45, 2.75) is 11.3 Å². The SMILES string of the molecule is CN(CCc1ccncc1)S(=O)(=O)c1ccc(F)c(Cl)c1. The molecule has 1 aromatic heterocycles. The topological polar surface area (TPSA) is 50.3 Å². The van der Waals surface area contributed by atoms with Crippen LogP contribution < -0.4 is 0 Å². The van der Waals surface area contributed by atoms with Gasteiger partial charge in [0, 0.05) is 26.0 Å². The molecule has 0 fully saturated rings. The zero-order valence-corrected chi connectivity index (χ0v) is 12.9. The van der Waals surface area contributed by atoms with Crippen LogP contribution >= 0.6 is 11.6 Å². The van der Waals surface area contributed by atoms with Crippen LogP contribution in [0.15, 0.2) is 47.6 Å². The summed E-state index contributed by atoms with van der Waals surface area (Å²) in [5, 5.41) is -0.210. The van der Waals surface area contributed by atoms with Gasteiger partial charge in [-0.2, -0.15) is 0 Å². The number of pyridine rings is 1. The van der Waals surface area contributed by atoms with Crippen LogP contribution in [0.25, 0.3) is 0 Å². The largest absolute Gasteiger partial charge is 0.265 e. The van der Waals surface area contributed by atoms with E-state index in [1.54, 1.807) is 12.4 Å². The summed E-state index contributed by atoms with van der Waals surface area (Å²) in [6.07, 6.45) is 3.88. The molecule has 0 radical (unpaired) electrons. The molecule has 0 aliphatic carbocycles. The second kappa shape index (κ2) is 6.51. The normalized spacial score (nSPS) is 11.8. The van der Waals surface area contributed by atoms with Crippen molar-refractivity contribution in [2.24, 2.45) is 0 Å². The van der Waals surface area contributed by atoms with E-state index in [1.165, 1.54) is 17.4 Å². The Kier molecular flexibility index (Phi) is 4.92. The molecule has 21 heavy (non-hydrogen) atoms. The first-order valence-corrected chi connectivity index (χ1v) is 8.03. The Bertz CT molecular complexity index is 723. The molecule has 112 valence electrons. The first-order chi connectivity index (χ1) is 9.91. The number of benzene rings is 1. The van der Waals surface area contributed by atoms with E-state index in [4.69, 9.17) is 11.6 Å². The van der Waals surface area contributed by atoms with Crippen LogP contribution in [0.2, 0.25) is 5.02 Å². The predicted octanol–water partition coefficient (Wildman–Crippen LogP) is 2.74. The van der Waals surface area contributed by atoms with E-state index in [9.17, 15) is 12.8 Å². The standard InChI is InChI=1S/C14H14ClFN2O2S/c1-18(9-6-11-4-7-17-8-5-11)21(19,20)12-2-3-14(16)13(15)10-12/h2-5,7-8,10H,6,9H2,1H3. The van der Waals surface area contributed by atoms with Gasteiger partial charge >= 0.3 is 0 Å². The van der Waals surface area contributed by atoms with Gasteiger partial charge in [-0.15, -0.1) is 0 Å². The van der Waals surface area contributed by atoms with Gasteiger partial charge in [0.2, 0.25) is 10.0 Å². The van der Waals surface area contributed by atoms with E-state index in [-0.39, 0.29) is 9.92 Å². The van der Waals surface area contributed by atoms with Crippen LogP contribution in [0.4, 0.5) is 4.39 Å². The zero-order valence-electron chi connectivity index (χ0n) is 11.3. The lowest BCUT2D eigenvalue weighted by Crippen LogP contribution is -2.29. The van der Waals surface area contributed by atoms with Crippen LogP contribution in [0.3, 0.4) is 0 Å². The van der Waals surface area contributed by atoms with Gasteiger partial charge in [0.15, 0.2) is 0 Å². The fourth-order valence-corrected chi connectivity index (χ4v) is 3.22. The van der Waals surface area contributed by atoms with Gasteiger partial charge in [0.1, 0.15) is 5.82 Å². The number of hydrogen-bond acceptors (Lipinski definition) is 3. The summed E-state index contributed by atoms with van der Waals surface area (Å²) >= 11 is 5.63. The molecule has 0 N–H and O–H groups in total. The van der Waals surface area contributed by atoms with Gasteiger partial charge in [-0.1, -0.05) is 11.6 Å². The van der Waals surface area contributed by atoms with E-state index in [1.807, 2.05) is 12.1 Å². The summed E-state index contributed by atoms with van der Waals surface area (Å²) in [6.45, 7) is 0.307. The van der Waals surface area contributed by atoms with Gasteiger partial charge in [-0.3, -0.25) is 4.98 Å². The smallest absolute Gasteiger partial charge is 0.242 e. The number of halogens is 2. The fraction of sp³-hybridized carbons (Fsp3) is 0.214. The maximum atomic E-state index is 13.1. The molecule has 0 bridgehead atoms. The summed E-state index contributed by atoms with van der Waals surface area (Å²) in [6, 6.07) is 7.03. The maximum Gasteiger partial charge on any atom is 0.242 e. The number of sulfonamides is 1. The minimum Gasteiger partial charge on any atom is -0.265 e. The molecule has 4 nitrogen and oxygen atoms in total. The van der Waals surface area contributed by atoms with Crippen molar-refractivity contribution < 1.29 is 12.8 Å². The van der Waals surface area contributed by atoms with Crippen molar-refractivity contribution in [1.29, 1.82) is 0 Å². The van der Waals surface area contributed by atoms with Crippen LogP contribution in [-0.4, -0.2) is 31.3 Å². The molecular weight excluding hydrogens is 315 g/mol. The molecule has 0 atom stereocenters. The number of rotatable bonds is 5. The first-order valence-electron chi connectivity index (χ1n) is 6.21. The predicted molar refractivity (Wildman–Crippen MR) is 79.2 cm³/mol. The van der Waals surface area contributed by atoms with Gasteiger partial charge in [0.05, 0.1) is 9.92 Å². The third-order valence-electron chi connectivity index (χ3n) is 3.06. The molecule has 0 aliphatic rings. The Morgan fingerprint density at radius 2 is 1.90 bits per heavy atom. The van der Waals surface area contributed by atoms with E-state index >= 15 is 0 Å². The second-order valence-corrected chi connectivity index (χ2v) is 6.96. The molecule has 0 amide bonds. The molecule has 0 saturated heterocycles. The minimum absolute atomic E-state index is 0.0221. The maximum absolute atomic E-state index is 13.1. The lowest BCUT2D eigenvalue weighted by atomic mass is 10.2. The molecule has 7 heteroatoms. The van der Waals surface area contributed by atoms with Gasteiger partial charge in [-0.05, 0) is 42.3 Å². The van der Waals surface area contributed by atoms with Crippen LogP contribution in [-0.2, 0) is 16.4 Å². The molecule has 2 rings (SSSR count). The van der Waals surface area contributed by atoms with Gasteiger partial charge in [-0.25, -0.2) is 17.1 Å². The number of likely N-dealkylation sites (N-methyl/N-ethyl adjacent to an activating group) is 1. The van der Waals surface area contributed by atoms with E-state index < -0.39 is 15.8 Å². The Labute approximate surface area is 128 Å². The highest BCUT2D eigenvalue weighted by atomic mass is 35.5. The molecule has 1 aromatic carbocycles. The zero-order chi connectivity index (χ0) is 15.5. The Morgan fingerprint density at radius 1 is 1.24 bits per heavy atom. The van der Waals surface area contributed by atoms with E-state index in [2.05, 4.69) is 4.98 Å². The summed E-state index contributed by atoms with van der Waals surface area (Å²) in [5.74, 6) is -0.643. The monoisotopic (exact) mass is 328 g/mol. The van der Waals surface area contributed by atoms with Crippen molar-refractivity contribution >= 4 is 21.6 Å². The van der Waals surface area contributed by atoms with Crippen molar-refractivity contribution in [3.63, 3.8) is 0 Å². The quantitative estimate of drug-likeness (QED) is 0.848. The van der Waals surface area contributed by atoms with Crippen LogP contribution in [0, 0.1) is 5.82 Å². The molecule has 0 spiro atoms. The lowest BCUT2D eigenvalue weighted by Gasteiger charge is -2.17. The van der Waals surface area contributed by atoms with Crippen molar-refractivity contribution in [3.05, 3.63) is 59.1 Å². The Balaban J connectivity index is 2.13. The first kappa shape index (κ1) is 15.9. The molecule has 0 unspecified atom stereocenters. The van der Waals surface area contributed by atoms with Crippen molar-refractivity contribution in [1.82, 2.24) is 9.29 Å². The average molecular weight is 329 g/mol. The molecule has 0 saturated carbocycles. The Morgan fingerprint density at radius 3 is 2.52 bits per heavy atom. The third-order valence-corrected chi connectivity index (χ3v) is 5.21. The third kappa shape index (κ3) is 3.78. The molecule has 1 heterocycles. The van der Waals surface area contributed by atoms with Crippen LogP contribution in [0.5, 0.6) is 0 Å². The molecule has 0 aliphatic heterocycles. The summed E-state index contributed by atoms with van der Waals surface area (Å²) in [7, 11) is -2.20. The van der Waals surface area contributed by atoms with Crippen molar-refractivity contribution in [3.8, 4) is 0 Å². The Hall–Kier alpha value is -1.50. The summed E-state index contributed by atoms with van der Waals surface area (Å²) in [4.78, 5) is 3.88. The van der Waals surface area contributed by atoms with E-state index in [0.29, 0.717) is 13.0 Å². The second-order valence-electron chi connectivity index (χ2n) is 4.51. The highest BCUT2D eigenvalue weighted by molar-refractivity contribution is 7.89.